The fourth-order valence-electron chi connectivity index (χ4n) is 1.93. The third-order valence-corrected chi connectivity index (χ3v) is 2.63. The van der Waals surface area contributed by atoms with Crippen molar-refractivity contribution in [2.24, 2.45) is 0 Å². The highest BCUT2D eigenvalue weighted by molar-refractivity contribution is 6.00. The fourth-order valence-corrected chi connectivity index (χ4v) is 1.93. The zero-order chi connectivity index (χ0) is 12.6. The van der Waals surface area contributed by atoms with Gasteiger partial charge in [0, 0.05) is 12.1 Å². The van der Waals surface area contributed by atoms with Crippen molar-refractivity contribution in [2.45, 2.75) is 19.8 Å². The van der Waals surface area contributed by atoms with Gasteiger partial charge >= 0.3 is 5.63 Å². The number of carbonyl (C=O) groups is 1. The molecule has 1 aromatic rings. The first-order valence-corrected chi connectivity index (χ1v) is 5.14. The molecule has 86 valence electrons. The number of allylic oxidation sites excluding steroid dienone is 1. The molecule has 1 N–H and O–H groups in total. The van der Waals surface area contributed by atoms with Gasteiger partial charge in [0.1, 0.15) is 5.76 Å². The third-order valence-electron chi connectivity index (χ3n) is 2.63. The number of hydrogen-bond acceptors (Lipinski definition) is 3. The number of carbonyl (C=O) groups excluding carboxylic acids is 1. The van der Waals surface area contributed by atoms with Gasteiger partial charge in [-0.1, -0.05) is 13.5 Å². The van der Waals surface area contributed by atoms with Crippen LogP contribution in [0, 0.1) is 6.57 Å². The predicted octanol–water partition coefficient (Wildman–Crippen LogP) is 1.55. The summed E-state index contributed by atoms with van der Waals surface area (Å²) in [6.45, 7) is 12.4. The van der Waals surface area contributed by atoms with E-state index in [4.69, 9.17) is 11.0 Å². The van der Waals surface area contributed by atoms with Gasteiger partial charge in [0.15, 0.2) is 0 Å². The normalized spacial score (nSPS) is 13.9. The molecule has 1 aliphatic heterocycles. The minimum Gasteiger partial charge on any atom is -0.435 e. The molecular formula is C12H10N2O3. The molecule has 0 bridgehead atoms. The summed E-state index contributed by atoms with van der Waals surface area (Å²) in [6.07, 6.45) is 0.729. The summed E-state index contributed by atoms with van der Waals surface area (Å²) in [4.78, 5) is 26.5. The van der Waals surface area contributed by atoms with E-state index in [1.807, 2.05) is 0 Å². The first kappa shape index (κ1) is 11.1. The summed E-state index contributed by atoms with van der Waals surface area (Å²) in [5, 5.41) is 2.58. The summed E-state index contributed by atoms with van der Waals surface area (Å²) in [6, 6.07) is 0. The van der Waals surface area contributed by atoms with E-state index in [2.05, 4.69) is 16.7 Å². The summed E-state index contributed by atoms with van der Waals surface area (Å²) in [7, 11) is 0. The minimum absolute atomic E-state index is 0.103. The molecule has 5 nitrogen and oxygen atoms in total. The predicted molar refractivity (Wildman–Crippen MR) is 60.9 cm³/mol. The molecule has 0 aliphatic carbocycles. The van der Waals surface area contributed by atoms with Gasteiger partial charge in [0.2, 0.25) is 0 Å². The second kappa shape index (κ2) is 3.91. The Bertz CT molecular complexity index is 620. The first-order valence-electron chi connectivity index (χ1n) is 5.14. The molecule has 1 aliphatic rings. The van der Waals surface area contributed by atoms with E-state index in [0.717, 1.165) is 0 Å². The van der Waals surface area contributed by atoms with E-state index in [1.54, 1.807) is 6.92 Å². The molecule has 17 heavy (non-hydrogen) atoms. The summed E-state index contributed by atoms with van der Waals surface area (Å²) >= 11 is 0. The van der Waals surface area contributed by atoms with Crippen molar-refractivity contribution >= 4 is 11.6 Å². The van der Waals surface area contributed by atoms with Gasteiger partial charge in [0.25, 0.3) is 11.6 Å². The van der Waals surface area contributed by atoms with Gasteiger partial charge < -0.3 is 9.73 Å². The van der Waals surface area contributed by atoms with Gasteiger partial charge in [-0.25, -0.2) is 4.85 Å². The Balaban J connectivity index is 2.82. The van der Waals surface area contributed by atoms with Gasteiger partial charge in [-0.15, -0.1) is 0 Å². The Morgan fingerprint density at radius 1 is 1.53 bits per heavy atom. The van der Waals surface area contributed by atoms with Crippen LogP contribution in [0.3, 0.4) is 0 Å². The number of amides is 1. The number of nitrogens with one attached hydrogen (secondary N) is 1. The number of nitrogens with zero attached hydrogens (tertiary/aromatic N) is 1. The SMILES string of the molecule is [C-]#[N+]c1c(CC)c2c(oc1=O)CC(=C)NC2=O. The van der Waals surface area contributed by atoms with Crippen LogP contribution in [0.1, 0.15) is 28.6 Å². The average Bonchev–Trinajstić information content (AvgIpc) is 2.26. The molecule has 0 fully saturated rings. The lowest BCUT2D eigenvalue weighted by Gasteiger charge is -2.19. The zero-order valence-corrected chi connectivity index (χ0v) is 9.29. The van der Waals surface area contributed by atoms with Crippen molar-refractivity contribution < 1.29 is 9.21 Å². The van der Waals surface area contributed by atoms with Gasteiger partial charge in [-0.3, -0.25) is 9.59 Å². The van der Waals surface area contributed by atoms with Crippen molar-refractivity contribution in [1.82, 2.24) is 5.32 Å². The molecule has 1 aromatic heterocycles. The maximum atomic E-state index is 11.8. The number of fused-ring (bicyclic) bond motifs is 1. The molecule has 1 amide bonds. The summed E-state index contributed by atoms with van der Waals surface area (Å²) in [5.41, 5.74) is 0.469. The summed E-state index contributed by atoms with van der Waals surface area (Å²) in [5.74, 6) is -0.0604. The maximum Gasteiger partial charge on any atom is 0.341 e. The zero-order valence-electron chi connectivity index (χ0n) is 9.29. The van der Waals surface area contributed by atoms with Crippen LogP contribution in [0.5, 0.6) is 0 Å². The largest absolute Gasteiger partial charge is 0.435 e. The lowest BCUT2D eigenvalue weighted by atomic mass is 9.98. The van der Waals surface area contributed by atoms with Crippen LogP contribution >= 0.6 is 0 Å². The Kier molecular flexibility index (Phi) is 2.56. The standard InChI is InChI=1S/C12H10N2O3/c1-4-7-9-8(5-6(2)14-11(9)15)17-12(16)10(7)13-3/h2,4-5H2,1H3,(H,14,15). The average molecular weight is 230 g/mol. The second-order valence-corrected chi connectivity index (χ2v) is 3.71. The van der Waals surface area contributed by atoms with Crippen LogP contribution in [0.15, 0.2) is 21.5 Å². The highest BCUT2D eigenvalue weighted by Crippen LogP contribution is 2.26. The van der Waals surface area contributed by atoms with E-state index >= 15 is 0 Å². The van der Waals surface area contributed by atoms with Crippen LogP contribution in [0.4, 0.5) is 5.69 Å². The van der Waals surface area contributed by atoms with Crippen LogP contribution in [0.25, 0.3) is 4.85 Å². The molecule has 2 rings (SSSR count). The fraction of sp³-hybridized carbons (Fsp3) is 0.250. The van der Waals surface area contributed by atoms with Crippen molar-refractivity contribution in [2.75, 3.05) is 0 Å². The molecule has 0 spiro atoms. The highest BCUT2D eigenvalue weighted by Gasteiger charge is 2.27. The molecule has 0 radical (unpaired) electrons. The van der Waals surface area contributed by atoms with E-state index in [0.29, 0.717) is 35.4 Å². The molecule has 0 atom stereocenters. The Labute approximate surface area is 97.6 Å². The van der Waals surface area contributed by atoms with Gasteiger partial charge in [0.05, 0.1) is 12.1 Å². The van der Waals surface area contributed by atoms with E-state index < -0.39 is 5.63 Å². The molecule has 0 aromatic carbocycles. The Hall–Kier alpha value is -2.35. The molecule has 5 heteroatoms. The number of rotatable bonds is 1. The van der Waals surface area contributed by atoms with Crippen LogP contribution in [-0.2, 0) is 12.8 Å². The van der Waals surface area contributed by atoms with E-state index in [9.17, 15) is 9.59 Å². The van der Waals surface area contributed by atoms with Crippen LogP contribution in [-0.4, -0.2) is 5.91 Å². The monoisotopic (exact) mass is 230 g/mol. The Morgan fingerprint density at radius 3 is 2.82 bits per heavy atom. The quantitative estimate of drug-likeness (QED) is 0.744. The second-order valence-electron chi connectivity index (χ2n) is 3.71. The van der Waals surface area contributed by atoms with Crippen molar-refractivity contribution in [1.29, 1.82) is 0 Å². The molecular weight excluding hydrogens is 220 g/mol. The minimum atomic E-state index is -0.682. The molecule has 0 saturated carbocycles. The van der Waals surface area contributed by atoms with Crippen molar-refractivity contribution in [3.05, 3.63) is 51.0 Å². The smallest absolute Gasteiger partial charge is 0.341 e. The van der Waals surface area contributed by atoms with Crippen LogP contribution in [0.2, 0.25) is 0 Å². The van der Waals surface area contributed by atoms with Gasteiger partial charge in [-0.05, 0) is 12.0 Å². The third kappa shape index (κ3) is 1.64. The van der Waals surface area contributed by atoms with Crippen LogP contribution < -0.4 is 10.9 Å². The topological polar surface area (TPSA) is 63.7 Å². The van der Waals surface area contributed by atoms with E-state index in [1.165, 1.54) is 0 Å². The summed E-state index contributed by atoms with van der Waals surface area (Å²) < 4.78 is 5.01. The number of hydrogen-bond donors (Lipinski definition) is 1. The first-order chi connectivity index (χ1) is 8.08. The molecule has 2 heterocycles. The Morgan fingerprint density at radius 2 is 2.24 bits per heavy atom. The van der Waals surface area contributed by atoms with Crippen molar-refractivity contribution in [3.8, 4) is 0 Å². The maximum absolute atomic E-state index is 11.8. The van der Waals surface area contributed by atoms with Crippen molar-refractivity contribution in [3.63, 3.8) is 0 Å². The highest BCUT2D eigenvalue weighted by atomic mass is 16.4. The lowest BCUT2D eigenvalue weighted by molar-refractivity contribution is 0.0952. The van der Waals surface area contributed by atoms with Gasteiger partial charge in [-0.2, -0.15) is 0 Å². The molecule has 0 unspecified atom stereocenters. The van der Waals surface area contributed by atoms with E-state index in [-0.39, 0.29) is 11.6 Å². The lowest BCUT2D eigenvalue weighted by Crippen LogP contribution is -2.32. The molecule has 0 saturated heterocycles.